The van der Waals surface area contributed by atoms with Gasteiger partial charge in [0.05, 0.1) is 11.6 Å². The molecule has 6 rings (SSSR count). The van der Waals surface area contributed by atoms with Gasteiger partial charge in [-0.3, -0.25) is 9.69 Å². The molecule has 0 spiro atoms. The minimum atomic E-state index is -0.149. The van der Waals surface area contributed by atoms with Crippen molar-refractivity contribution in [3.8, 4) is 11.3 Å². The first-order valence-electron chi connectivity index (χ1n) is 14.0. The molecule has 2 aliphatic heterocycles. The van der Waals surface area contributed by atoms with Crippen molar-refractivity contribution in [2.75, 3.05) is 54.4 Å². The smallest absolute Gasteiger partial charge is 0.230 e. The first-order chi connectivity index (χ1) is 19.7. The molecule has 9 heteroatoms. The number of benzene rings is 2. The van der Waals surface area contributed by atoms with E-state index < -0.39 is 0 Å². The Labute approximate surface area is 234 Å². The molecule has 204 valence electrons. The maximum Gasteiger partial charge on any atom is 0.230 e. The molecular formula is C31H34N8O. The topological polar surface area (TPSA) is 90.4 Å². The average molecular weight is 535 g/mol. The van der Waals surface area contributed by atoms with E-state index in [-0.39, 0.29) is 11.8 Å². The molecule has 1 amide bonds. The highest BCUT2D eigenvalue weighted by molar-refractivity contribution is 5.92. The second-order valence-electron chi connectivity index (χ2n) is 10.4. The minimum absolute atomic E-state index is 0.0177. The Morgan fingerprint density at radius 3 is 2.33 bits per heavy atom. The van der Waals surface area contributed by atoms with Crippen LogP contribution >= 0.6 is 0 Å². The third-order valence-corrected chi connectivity index (χ3v) is 7.69. The Morgan fingerprint density at radius 2 is 1.57 bits per heavy atom. The molecule has 2 aromatic carbocycles. The van der Waals surface area contributed by atoms with E-state index in [1.54, 1.807) is 6.33 Å². The Kier molecular flexibility index (Phi) is 7.90. The predicted octanol–water partition coefficient (Wildman–Crippen LogP) is 4.11. The van der Waals surface area contributed by atoms with Gasteiger partial charge in [0.25, 0.3) is 0 Å². The number of anilines is 3. The zero-order chi connectivity index (χ0) is 27.1. The van der Waals surface area contributed by atoms with Crippen molar-refractivity contribution in [1.82, 2.24) is 25.1 Å². The van der Waals surface area contributed by atoms with E-state index in [4.69, 9.17) is 0 Å². The maximum absolute atomic E-state index is 13.2. The van der Waals surface area contributed by atoms with Crippen LogP contribution in [0.25, 0.3) is 11.3 Å². The molecule has 1 atom stereocenters. The van der Waals surface area contributed by atoms with E-state index in [1.165, 1.54) is 5.56 Å². The van der Waals surface area contributed by atoms with Crippen LogP contribution in [0.15, 0.2) is 85.2 Å². The van der Waals surface area contributed by atoms with Gasteiger partial charge < -0.3 is 15.1 Å². The summed E-state index contributed by atoms with van der Waals surface area (Å²) in [5.41, 5.74) is 3.21. The molecule has 2 aromatic heterocycles. The summed E-state index contributed by atoms with van der Waals surface area (Å²) in [5, 5.41) is 11.9. The zero-order valence-corrected chi connectivity index (χ0v) is 22.6. The van der Waals surface area contributed by atoms with Gasteiger partial charge in [-0.25, -0.2) is 9.97 Å². The molecule has 40 heavy (non-hydrogen) atoms. The number of piperidine rings is 1. The lowest BCUT2D eigenvalue weighted by molar-refractivity contribution is -0.120. The largest absolute Gasteiger partial charge is 0.354 e. The van der Waals surface area contributed by atoms with Gasteiger partial charge in [-0.05, 0) is 30.5 Å². The molecule has 4 aromatic rings. The lowest BCUT2D eigenvalue weighted by Crippen LogP contribution is -2.46. The van der Waals surface area contributed by atoms with Gasteiger partial charge in [0.15, 0.2) is 5.82 Å². The fraction of sp³-hybridized carbons (Fsp3) is 0.323. The van der Waals surface area contributed by atoms with E-state index in [0.717, 1.165) is 75.0 Å². The van der Waals surface area contributed by atoms with Gasteiger partial charge >= 0.3 is 0 Å². The summed E-state index contributed by atoms with van der Waals surface area (Å²) in [6, 6.07) is 26.5. The Balaban J connectivity index is 1.03. The van der Waals surface area contributed by atoms with E-state index in [1.807, 2.05) is 48.5 Å². The van der Waals surface area contributed by atoms with E-state index >= 15 is 0 Å². The first-order valence-corrected chi connectivity index (χ1v) is 14.0. The molecule has 0 bridgehead atoms. The van der Waals surface area contributed by atoms with Gasteiger partial charge in [0, 0.05) is 57.4 Å². The molecule has 4 heterocycles. The third kappa shape index (κ3) is 6.26. The number of hydrogen-bond acceptors (Lipinski definition) is 8. The van der Waals surface area contributed by atoms with Crippen molar-refractivity contribution < 1.29 is 4.79 Å². The Hall–Kier alpha value is -4.37. The monoisotopic (exact) mass is 534 g/mol. The Morgan fingerprint density at radius 1 is 0.800 bits per heavy atom. The van der Waals surface area contributed by atoms with Crippen LogP contribution in [0.3, 0.4) is 0 Å². The highest BCUT2D eigenvalue weighted by Crippen LogP contribution is 2.25. The number of piperazine rings is 1. The summed E-state index contributed by atoms with van der Waals surface area (Å²) in [5.74, 6) is 2.03. The summed E-state index contributed by atoms with van der Waals surface area (Å²) in [7, 11) is 0. The number of rotatable bonds is 7. The van der Waals surface area contributed by atoms with Crippen LogP contribution in [-0.2, 0) is 11.3 Å². The Bertz CT molecular complexity index is 1390. The van der Waals surface area contributed by atoms with Crippen LogP contribution in [0.4, 0.5) is 17.5 Å². The van der Waals surface area contributed by atoms with Gasteiger partial charge in [0.2, 0.25) is 5.91 Å². The van der Waals surface area contributed by atoms with E-state index in [0.29, 0.717) is 12.4 Å². The van der Waals surface area contributed by atoms with Crippen molar-refractivity contribution in [3.05, 3.63) is 90.8 Å². The second-order valence-corrected chi connectivity index (χ2v) is 10.4. The normalized spacial score (nSPS) is 17.9. The van der Waals surface area contributed by atoms with Crippen LogP contribution in [0.2, 0.25) is 0 Å². The molecule has 0 radical (unpaired) electrons. The molecular weight excluding hydrogens is 500 g/mol. The molecule has 0 aliphatic carbocycles. The highest BCUT2D eigenvalue weighted by atomic mass is 16.2. The second kappa shape index (κ2) is 12.2. The molecule has 2 saturated heterocycles. The quantitative estimate of drug-likeness (QED) is 0.379. The molecule has 1 N–H and O–H groups in total. The van der Waals surface area contributed by atoms with E-state index in [2.05, 4.69) is 70.5 Å². The summed E-state index contributed by atoms with van der Waals surface area (Å²) in [4.78, 5) is 28.9. The van der Waals surface area contributed by atoms with Crippen LogP contribution in [0, 0.1) is 5.92 Å². The highest BCUT2D eigenvalue weighted by Gasteiger charge is 2.27. The van der Waals surface area contributed by atoms with Crippen molar-refractivity contribution in [2.45, 2.75) is 19.4 Å². The predicted molar refractivity (Wildman–Crippen MR) is 157 cm³/mol. The minimum Gasteiger partial charge on any atom is -0.354 e. The van der Waals surface area contributed by atoms with Gasteiger partial charge in [-0.1, -0.05) is 60.7 Å². The van der Waals surface area contributed by atoms with Crippen LogP contribution < -0.4 is 15.1 Å². The van der Waals surface area contributed by atoms with E-state index in [9.17, 15) is 4.79 Å². The van der Waals surface area contributed by atoms with Crippen LogP contribution in [-0.4, -0.2) is 70.2 Å². The van der Waals surface area contributed by atoms with Crippen molar-refractivity contribution in [1.29, 1.82) is 0 Å². The SMILES string of the molecule is O=C(Nc1cc(N2CCN(Cc3ccccc3)CC2)ncn1)C1CCCN(c2ccc(-c3ccccc3)nn2)C1. The average Bonchev–Trinajstić information content (AvgIpc) is 3.03. The summed E-state index contributed by atoms with van der Waals surface area (Å²) < 4.78 is 0. The maximum atomic E-state index is 13.2. The van der Waals surface area contributed by atoms with Crippen molar-refractivity contribution in [2.24, 2.45) is 5.92 Å². The molecule has 0 saturated carbocycles. The molecule has 9 nitrogen and oxygen atoms in total. The number of hydrogen-bond donors (Lipinski definition) is 1. The fourth-order valence-corrected chi connectivity index (χ4v) is 5.45. The lowest BCUT2D eigenvalue weighted by Gasteiger charge is -2.35. The zero-order valence-electron chi connectivity index (χ0n) is 22.6. The number of carbonyl (C=O) groups is 1. The number of nitrogens with zero attached hydrogens (tertiary/aromatic N) is 7. The summed E-state index contributed by atoms with van der Waals surface area (Å²) in [6.07, 6.45) is 3.29. The lowest BCUT2D eigenvalue weighted by atomic mass is 9.97. The summed E-state index contributed by atoms with van der Waals surface area (Å²) in [6.45, 7) is 6.13. The first kappa shape index (κ1) is 25.9. The molecule has 1 unspecified atom stereocenters. The standard InChI is InChI=1S/C31H34N8O/c40-31(26-12-7-15-39(22-26)29-14-13-27(35-36-29)25-10-5-2-6-11-25)34-28-20-30(33-23-32-28)38-18-16-37(17-19-38)21-24-8-3-1-4-9-24/h1-6,8-11,13-14,20,23,26H,7,12,15-19,21-22H2,(H,32,33,34,40). The third-order valence-electron chi connectivity index (χ3n) is 7.69. The van der Waals surface area contributed by atoms with Crippen molar-refractivity contribution >= 4 is 23.4 Å². The summed E-state index contributed by atoms with van der Waals surface area (Å²) >= 11 is 0. The van der Waals surface area contributed by atoms with Gasteiger partial charge in [-0.15, -0.1) is 10.2 Å². The molecule has 2 aliphatic rings. The number of nitrogens with one attached hydrogen (secondary N) is 1. The number of amides is 1. The van der Waals surface area contributed by atoms with Gasteiger partial charge in [0.1, 0.15) is 18.0 Å². The number of aromatic nitrogens is 4. The fourth-order valence-electron chi connectivity index (χ4n) is 5.45. The van der Waals surface area contributed by atoms with Crippen LogP contribution in [0.5, 0.6) is 0 Å². The van der Waals surface area contributed by atoms with Gasteiger partial charge in [-0.2, -0.15) is 0 Å². The van der Waals surface area contributed by atoms with Crippen LogP contribution in [0.1, 0.15) is 18.4 Å². The molecule has 2 fully saturated rings. The number of carbonyl (C=O) groups excluding carboxylic acids is 1. The van der Waals surface area contributed by atoms with Crippen molar-refractivity contribution in [3.63, 3.8) is 0 Å².